The van der Waals surface area contributed by atoms with Gasteiger partial charge in [0.1, 0.15) is 0 Å². The van der Waals surface area contributed by atoms with Crippen molar-refractivity contribution < 1.29 is 0 Å². The van der Waals surface area contributed by atoms with Crippen molar-refractivity contribution in [1.82, 2.24) is 4.98 Å². The van der Waals surface area contributed by atoms with Crippen LogP contribution in [0.25, 0.3) is 0 Å². The molecule has 2 atom stereocenters. The minimum Gasteiger partial charge on any atom is -0.324 e. The summed E-state index contributed by atoms with van der Waals surface area (Å²) in [5.74, 6) is 0.362. The van der Waals surface area contributed by atoms with Crippen molar-refractivity contribution in [2.24, 2.45) is 11.7 Å². The summed E-state index contributed by atoms with van der Waals surface area (Å²) in [5.41, 5.74) is 8.54. The van der Waals surface area contributed by atoms with Gasteiger partial charge in [-0.25, -0.2) is 0 Å². The van der Waals surface area contributed by atoms with Crippen molar-refractivity contribution >= 4 is 15.9 Å². The molecule has 2 aromatic rings. The standard InChI is InChI=1S/C15H17BrN2/c1-11(9-14-8-7-13(16)10-18-14)15(17)12-5-3-2-4-6-12/h2-8,10-11,15H,9,17H2,1H3. The van der Waals surface area contributed by atoms with E-state index in [2.05, 4.69) is 40.0 Å². The number of rotatable bonds is 4. The van der Waals surface area contributed by atoms with Crippen LogP contribution < -0.4 is 5.73 Å². The quantitative estimate of drug-likeness (QED) is 0.935. The molecule has 0 aliphatic carbocycles. The maximum Gasteiger partial charge on any atom is 0.0413 e. The molecule has 0 bridgehead atoms. The molecule has 2 N–H and O–H groups in total. The van der Waals surface area contributed by atoms with Gasteiger partial charge in [0.15, 0.2) is 0 Å². The molecule has 1 aromatic heterocycles. The molecule has 0 aliphatic heterocycles. The molecule has 0 amide bonds. The molecule has 94 valence electrons. The zero-order valence-corrected chi connectivity index (χ0v) is 12.0. The third kappa shape index (κ3) is 3.40. The molecule has 0 saturated heterocycles. The zero-order chi connectivity index (χ0) is 13.0. The van der Waals surface area contributed by atoms with Crippen molar-refractivity contribution in [3.63, 3.8) is 0 Å². The SMILES string of the molecule is CC(Cc1ccc(Br)cn1)C(N)c1ccccc1. The first-order valence-corrected chi connectivity index (χ1v) is 6.87. The first-order valence-electron chi connectivity index (χ1n) is 6.08. The Morgan fingerprint density at radius 3 is 2.50 bits per heavy atom. The summed E-state index contributed by atoms with van der Waals surface area (Å²) in [5, 5.41) is 0. The van der Waals surface area contributed by atoms with E-state index < -0.39 is 0 Å². The molecule has 0 spiro atoms. The summed E-state index contributed by atoms with van der Waals surface area (Å²) in [4.78, 5) is 4.39. The Bertz CT molecular complexity index is 482. The van der Waals surface area contributed by atoms with E-state index in [9.17, 15) is 0 Å². The molecule has 1 aromatic carbocycles. The molecule has 0 aliphatic rings. The van der Waals surface area contributed by atoms with Crippen LogP contribution in [-0.2, 0) is 6.42 Å². The van der Waals surface area contributed by atoms with E-state index in [1.807, 2.05) is 36.5 Å². The molecule has 2 nitrogen and oxygen atoms in total. The lowest BCUT2D eigenvalue weighted by molar-refractivity contribution is 0.463. The maximum absolute atomic E-state index is 6.28. The van der Waals surface area contributed by atoms with Gasteiger partial charge in [-0.05, 0) is 46.0 Å². The smallest absolute Gasteiger partial charge is 0.0413 e. The highest BCUT2D eigenvalue weighted by molar-refractivity contribution is 9.10. The van der Waals surface area contributed by atoms with Crippen LogP contribution >= 0.6 is 15.9 Å². The number of hydrogen-bond acceptors (Lipinski definition) is 2. The maximum atomic E-state index is 6.28. The van der Waals surface area contributed by atoms with Gasteiger partial charge in [-0.2, -0.15) is 0 Å². The van der Waals surface area contributed by atoms with E-state index in [0.29, 0.717) is 5.92 Å². The topological polar surface area (TPSA) is 38.9 Å². The number of pyridine rings is 1. The fourth-order valence-electron chi connectivity index (χ4n) is 1.99. The summed E-state index contributed by atoms with van der Waals surface area (Å²) in [6.45, 7) is 2.17. The Morgan fingerprint density at radius 1 is 1.17 bits per heavy atom. The summed E-state index contributed by atoms with van der Waals surface area (Å²) in [6.07, 6.45) is 2.72. The van der Waals surface area contributed by atoms with Gasteiger partial charge in [-0.3, -0.25) is 4.98 Å². The first-order chi connectivity index (χ1) is 8.66. The monoisotopic (exact) mass is 304 g/mol. The first kappa shape index (κ1) is 13.2. The number of hydrogen-bond donors (Lipinski definition) is 1. The highest BCUT2D eigenvalue weighted by Crippen LogP contribution is 2.22. The average Bonchev–Trinajstić information content (AvgIpc) is 2.41. The third-order valence-electron chi connectivity index (χ3n) is 3.12. The van der Waals surface area contributed by atoms with Crippen molar-refractivity contribution in [2.45, 2.75) is 19.4 Å². The van der Waals surface area contributed by atoms with E-state index in [-0.39, 0.29) is 6.04 Å². The Kier molecular flexibility index (Phi) is 4.50. The number of nitrogens with zero attached hydrogens (tertiary/aromatic N) is 1. The van der Waals surface area contributed by atoms with Gasteiger partial charge in [0.2, 0.25) is 0 Å². The van der Waals surface area contributed by atoms with Crippen LogP contribution in [-0.4, -0.2) is 4.98 Å². The fourth-order valence-corrected chi connectivity index (χ4v) is 2.22. The molecule has 0 saturated carbocycles. The van der Waals surface area contributed by atoms with E-state index in [1.54, 1.807) is 0 Å². The lowest BCUT2D eigenvalue weighted by atomic mass is 9.91. The molecule has 0 fully saturated rings. The number of halogens is 1. The number of aromatic nitrogens is 1. The highest BCUT2D eigenvalue weighted by atomic mass is 79.9. The van der Waals surface area contributed by atoms with E-state index in [0.717, 1.165) is 16.6 Å². The molecule has 2 unspecified atom stereocenters. The second-order valence-corrected chi connectivity index (χ2v) is 5.50. The van der Waals surface area contributed by atoms with Crippen LogP contribution in [0.2, 0.25) is 0 Å². The normalized spacial score (nSPS) is 14.2. The van der Waals surface area contributed by atoms with E-state index in [1.165, 1.54) is 5.56 Å². The van der Waals surface area contributed by atoms with Crippen LogP contribution in [0.5, 0.6) is 0 Å². The van der Waals surface area contributed by atoms with Crippen molar-refractivity contribution in [3.8, 4) is 0 Å². The Hall–Kier alpha value is -1.19. The summed E-state index contributed by atoms with van der Waals surface area (Å²) < 4.78 is 1.01. The zero-order valence-electron chi connectivity index (χ0n) is 10.4. The van der Waals surface area contributed by atoms with Gasteiger partial charge in [-0.15, -0.1) is 0 Å². The van der Waals surface area contributed by atoms with Gasteiger partial charge in [-0.1, -0.05) is 37.3 Å². The van der Waals surface area contributed by atoms with Crippen molar-refractivity contribution in [1.29, 1.82) is 0 Å². The van der Waals surface area contributed by atoms with Crippen LogP contribution in [0.4, 0.5) is 0 Å². The van der Waals surface area contributed by atoms with Gasteiger partial charge in [0, 0.05) is 22.4 Å². The third-order valence-corrected chi connectivity index (χ3v) is 3.59. The van der Waals surface area contributed by atoms with Gasteiger partial charge >= 0.3 is 0 Å². The molecule has 18 heavy (non-hydrogen) atoms. The van der Waals surface area contributed by atoms with Gasteiger partial charge in [0.05, 0.1) is 0 Å². The number of benzene rings is 1. The lowest BCUT2D eigenvalue weighted by Gasteiger charge is -2.20. The Labute approximate surface area is 116 Å². The van der Waals surface area contributed by atoms with Crippen molar-refractivity contribution in [3.05, 3.63) is 64.4 Å². The van der Waals surface area contributed by atoms with Crippen LogP contribution in [0.1, 0.15) is 24.2 Å². The lowest BCUT2D eigenvalue weighted by Crippen LogP contribution is -2.21. The Morgan fingerprint density at radius 2 is 1.89 bits per heavy atom. The summed E-state index contributed by atoms with van der Waals surface area (Å²) >= 11 is 3.39. The van der Waals surface area contributed by atoms with Gasteiger partial charge < -0.3 is 5.73 Å². The van der Waals surface area contributed by atoms with Crippen LogP contribution in [0, 0.1) is 5.92 Å². The number of nitrogens with two attached hydrogens (primary N) is 1. The molecule has 1 heterocycles. The molecular formula is C15H17BrN2. The molecule has 2 rings (SSSR count). The Balaban J connectivity index is 2.03. The molecule has 0 radical (unpaired) electrons. The van der Waals surface area contributed by atoms with Crippen molar-refractivity contribution in [2.75, 3.05) is 0 Å². The van der Waals surface area contributed by atoms with Gasteiger partial charge in [0.25, 0.3) is 0 Å². The van der Waals surface area contributed by atoms with E-state index >= 15 is 0 Å². The average molecular weight is 305 g/mol. The second-order valence-electron chi connectivity index (χ2n) is 4.59. The molecule has 3 heteroatoms. The highest BCUT2D eigenvalue weighted by Gasteiger charge is 2.15. The van der Waals surface area contributed by atoms with Crippen LogP contribution in [0.15, 0.2) is 53.1 Å². The predicted octanol–water partition coefficient (Wildman–Crippen LogP) is 3.72. The largest absolute Gasteiger partial charge is 0.324 e. The van der Waals surface area contributed by atoms with Crippen LogP contribution in [0.3, 0.4) is 0 Å². The molecular weight excluding hydrogens is 288 g/mol. The van der Waals surface area contributed by atoms with E-state index in [4.69, 9.17) is 5.73 Å². The summed E-state index contributed by atoms with van der Waals surface area (Å²) in [6, 6.07) is 14.3. The second kappa shape index (κ2) is 6.12. The predicted molar refractivity (Wildman–Crippen MR) is 78.2 cm³/mol. The minimum absolute atomic E-state index is 0.0525. The summed E-state index contributed by atoms with van der Waals surface area (Å²) in [7, 11) is 0. The fraction of sp³-hybridized carbons (Fsp3) is 0.267. The minimum atomic E-state index is 0.0525.